The van der Waals surface area contributed by atoms with Gasteiger partial charge in [0.05, 0.1) is 18.0 Å². The molecule has 5 nitrogen and oxygen atoms in total. The number of amides is 1. The number of anilines is 1. The van der Waals surface area contributed by atoms with Crippen LogP contribution in [0.25, 0.3) is 0 Å². The minimum Gasteiger partial charge on any atom is -0.363 e. The average Bonchev–Trinajstić information content (AvgIpc) is 2.95. The van der Waals surface area contributed by atoms with Crippen LogP contribution in [0.5, 0.6) is 0 Å². The van der Waals surface area contributed by atoms with E-state index in [2.05, 4.69) is 41.4 Å². The van der Waals surface area contributed by atoms with Gasteiger partial charge in [0, 0.05) is 17.3 Å². The van der Waals surface area contributed by atoms with Gasteiger partial charge in [-0.2, -0.15) is 0 Å². The van der Waals surface area contributed by atoms with Gasteiger partial charge in [-0.3, -0.25) is 9.79 Å². The van der Waals surface area contributed by atoms with Gasteiger partial charge < -0.3 is 10.6 Å². The molecule has 2 heterocycles. The summed E-state index contributed by atoms with van der Waals surface area (Å²) in [6, 6.07) is 0. The van der Waals surface area contributed by atoms with E-state index < -0.39 is 0 Å². The van der Waals surface area contributed by atoms with Gasteiger partial charge in [-0.1, -0.05) is 32.5 Å². The predicted octanol–water partition coefficient (Wildman–Crippen LogP) is 2.07. The van der Waals surface area contributed by atoms with Gasteiger partial charge in [-0.25, -0.2) is 4.98 Å². The number of nitrogens with one attached hydrogen (secondary N) is 2. The molecule has 0 saturated heterocycles. The number of aromatic nitrogens is 1. The van der Waals surface area contributed by atoms with Crippen LogP contribution < -0.4 is 10.6 Å². The van der Waals surface area contributed by atoms with Crippen LogP contribution in [0.2, 0.25) is 0 Å². The first kappa shape index (κ1) is 14.3. The van der Waals surface area contributed by atoms with Gasteiger partial charge in [-0.05, 0) is 0 Å². The number of nitrogens with zero attached hydrogens (tertiary/aromatic N) is 2. The number of thiazole rings is 1. The highest BCUT2D eigenvalue weighted by Gasteiger charge is 2.18. The van der Waals surface area contributed by atoms with Gasteiger partial charge in [0.15, 0.2) is 10.3 Å². The summed E-state index contributed by atoms with van der Waals surface area (Å²) in [5.41, 5.74) is 1.01. The lowest BCUT2D eigenvalue weighted by Crippen LogP contribution is -2.20. The van der Waals surface area contributed by atoms with E-state index >= 15 is 0 Å². The lowest BCUT2D eigenvalue weighted by Gasteiger charge is -2.14. The van der Waals surface area contributed by atoms with Crippen molar-refractivity contribution in [1.82, 2.24) is 10.3 Å². The normalized spacial score (nSPS) is 15.0. The molecule has 0 bridgehead atoms. The zero-order chi connectivity index (χ0) is 13.9. The van der Waals surface area contributed by atoms with E-state index in [9.17, 15) is 4.79 Å². The Labute approximate surface area is 121 Å². The highest BCUT2D eigenvalue weighted by Crippen LogP contribution is 2.26. The lowest BCUT2D eigenvalue weighted by atomic mass is 9.93. The largest absolute Gasteiger partial charge is 0.363 e. The highest BCUT2D eigenvalue weighted by molar-refractivity contribution is 8.14. The second-order valence-electron chi connectivity index (χ2n) is 5.24. The lowest BCUT2D eigenvalue weighted by molar-refractivity contribution is -0.113. The summed E-state index contributed by atoms with van der Waals surface area (Å²) in [5.74, 6) is 0.312. The Morgan fingerprint density at radius 2 is 2.37 bits per heavy atom. The van der Waals surface area contributed by atoms with Crippen molar-refractivity contribution < 1.29 is 4.79 Å². The molecule has 0 unspecified atom stereocenters. The molecule has 104 valence electrons. The minimum atomic E-state index is -0.0452. The van der Waals surface area contributed by atoms with Crippen molar-refractivity contribution in [3.8, 4) is 0 Å². The fraction of sp³-hybridized carbons (Fsp3) is 0.583. The third kappa shape index (κ3) is 4.21. The van der Waals surface area contributed by atoms with E-state index in [0.717, 1.165) is 24.0 Å². The molecule has 1 aliphatic heterocycles. The van der Waals surface area contributed by atoms with Crippen LogP contribution in [0.15, 0.2) is 10.4 Å². The summed E-state index contributed by atoms with van der Waals surface area (Å²) in [4.78, 5) is 20.4. The number of aliphatic imine (C=N–C) groups is 1. The summed E-state index contributed by atoms with van der Waals surface area (Å²) < 4.78 is 0. The number of carbonyl (C=O) groups is 1. The van der Waals surface area contributed by atoms with Crippen LogP contribution in [0.1, 0.15) is 26.5 Å². The number of thioether (sulfide) groups is 1. The molecule has 0 aromatic carbocycles. The van der Waals surface area contributed by atoms with Crippen molar-refractivity contribution in [3.05, 3.63) is 11.1 Å². The van der Waals surface area contributed by atoms with E-state index in [0.29, 0.717) is 10.9 Å². The molecule has 2 N–H and O–H groups in total. The molecule has 19 heavy (non-hydrogen) atoms. The molecule has 1 aromatic heterocycles. The van der Waals surface area contributed by atoms with Gasteiger partial charge in [0.25, 0.3) is 0 Å². The van der Waals surface area contributed by atoms with E-state index in [1.165, 1.54) is 23.1 Å². The Morgan fingerprint density at radius 3 is 2.95 bits per heavy atom. The monoisotopic (exact) mass is 298 g/mol. The second-order valence-corrected chi connectivity index (χ2v) is 7.06. The Bertz CT molecular complexity index is 490. The maximum absolute atomic E-state index is 11.8. The molecule has 0 fully saturated rings. The van der Waals surface area contributed by atoms with E-state index in [-0.39, 0.29) is 11.3 Å². The molecule has 1 aromatic rings. The van der Waals surface area contributed by atoms with E-state index in [1.807, 2.05) is 5.38 Å². The van der Waals surface area contributed by atoms with Gasteiger partial charge in [-0.15, -0.1) is 11.3 Å². The van der Waals surface area contributed by atoms with E-state index in [1.54, 1.807) is 0 Å². The molecule has 0 aliphatic carbocycles. The van der Waals surface area contributed by atoms with Crippen molar-refractivity contribution in [2.75, 3.05) is 24.2 Å². The smallest absolute Gasteiger partial charge is 0.236 e. The molecular weight excluding hydrogens is 280 g/mol. The van der Waals surface area contributed by atoms with Gasteiger partial charge in [0.1, 0.15) is 0 Å². The van der Waals surface area contributed by atoms with Crippen LogP contribution in [-0.2, 0) is 10.2 Å². The van der Waals surface area contributed by atoms with E-state index in [4.69, 9.17) is 0 Å². The van der Waals surface area contributed by atoms with Crippen LogP contribution >= 0.6 is 23.1 Å². The van der Waals surface area contributed by atoms with Gasteiger partial charge in [0.2, 0.25) is 5.91 Å². The Morgan fingerprint density at radius 1 is 1.58 bits per heavy atom. The van der Waals surface area contributed by atoms with Crippen LogP contribution in [0, 0.1) is 0 Å². The van der Waals surface area contributed by atoms with Crippen molar-refractivity contribution in [2.45, 2.75) is 26.2 Å². The summed E-state index contributed by atoms with van der Waals surface area (Å²) in [5, 5.41) is 9.45. The Hall–Kier alpha value is -1.08. The third-order valence-corrected chi connectivity index (χ3v) is 4.21. The van der Waals surface area contributed by atoms with Crippen molar-refractivity contribution >= 4 is 39.3 Å². The van der Waals surface area contributed by atoms with Crippen molar-refractivity contribution in [2.24, 2.45) is 4.99 Å². The molecule has 2 rings (SSSR count). The minimum absolute atomic E-state index is 0.0106. The molecular formula is C12H18N4OS2. The quantitative estimate of drug-likeness (QED) is 0.896. The number of hydrogen-bond acceptors (Lipinski definition) is 6. The van der Waals surface area contributed by atoms with Crippen LogP contribution in [-0.4, -0.2) is 34.9 Å². The van der Waals surface area contributed by atoms with Crippen molar-refractivity contribution in [3.63, 3.8) is 0 Å². The molecule has 0 radical (unpaired) electrons. The number of amidine groups is 1. The second kappa shape index (κ2) is 5.92. The highest BCUT2D eigenvalue weighted by atomic mass is 32.2. The Balaban J connectivity index is 1.83. The fourth-order valence-corrected chi connectivity index (χ4v) is 3.12. The zero-order valence-corrected chi connectivity index (χ0v) is 13.0. The summed E-state index contributed by atoms with van der Waals surface area (Å²) in [7, 11) is 0. The van der Waals surface area contributed by atoms with Gasteiger partial charge >= 0.3 is 0 Å². The van der Waals surface area contributed by atoms with Crippen LogP contribution in [0.3, 0.4) is 0 Å². The molecule has 0 spiro atoms. The first-order valence-corrected chi connectivity index (χ1v) is 7.98. The molecule has 1 aliphatic rings. The SMILES string of the molecule is CC(C)(C)c1csc(NC(=O)CSC2=NCCN2)n1. The molecule has 1 amide bonds. The number of hydrogen-bond donors (Lipinski definition) is 2. The summed E-state index contributed by atoms with van der Waals surface area (Å²) in [6.45, 7) is 7.98. The average molecular weight is 298 g/mol. The summed E-state index contributed by atoms with van der Waals surface area (Å²) in [6.07, 6.45) is 0. The maximum Gasteiger partial charge on any atom is 0.236 e. The van der Waals surface area contributed by atoms with Crippen molar-refractivity contribution in [1.29, 1.82) is 0 Å². The maximum atomic E-state index is 11.8. The standard InChI is InChI=1S/C12H18N4OS2/c1-12(2,3)8-6-18-11(15-8)16-9(17)7-19-10-13-4-5-14-10/h6H,4-5,7H2,1-3H3,(H,13,14)(H,15,16,17). The fourth-order valence-electron chi connectivity index (χ4n) is 1.44. The first-order valence-electron chi connectivity index (χ1n) is 6.12. The first-order chi connectivity index (χ1) is 8.95. The Kier molecular flexibility index (Phi) is 4.46. The molecule has 7 heteroatoms. The number of rotatable bonds is 3. The summed E-state index contributed by atoms with van der Waals surface area (Å²) >= 11 is 2.89. The molecule has 0 atom stereocenters. The third-order valence-electron chi connectivity index (χ3n) is 2.50. The zero-order valence-electron chi connectivity index (χ0n) is 11.3. The topological polar surface area (TPSA) is 66.4 Å². The van der Waals surface area contributed by atoms with Crippen LogP contribution in [0.4, 0.5) is 5.13 Å². The predicted molar refractivity (Wildman–Crippen MR) is 82.2 cm³/mol. The number of carbonyl (C=O) groups excluding carboxylic acids is 1. The molecule has 0 saturated carbocycles.